The van der Waals surface area contributed by atoms with Crippen molar-refractivity contribution in [1.29, 1.82) is 0 Å². The first kappa shape index (κ1) is 18.3. The van der Waals surface area contributed by atoms with Crippen molar-refractivity contribution in [3.8, 4) is 0 Å². The summed E-state index contributed by atoms with van der Waals surface area (Å²) in [6, 6.07) is 10.6. The summed E-state index contributed by atoms with van der Waals surface area (Å²) in [6.07, 6.45) is 10.9. The van der Waals surface area contributed by atoms with Crippen LogP contribution in [-0.4, -0.2) is 19.0 Å². The summed E-state index contributed by atoms with van der Waals surface area (Å²) in [4.78, 5) is 2.07. The first-order chi connectivity index (χ1) is 10.5. The zero-order chi connectivity index (χ0) is 16.4. The topological polar surface area (TPSA) is 3.24 Å². The lowest BCUT2D eigenvalue weighted by atomic mass is 10.0. The second-order valence-corrected chi connectivity index (χ2v) is 6.11. The maximum Gasteiger partial charge on any atom is 0.0317 e. The van der Waals surface area contributed by atoms with Gasteiger partial charge in [-0.3, -0.25) is 0 Å². The van der Waals surface area contributed by atoms with E-state index in [1.807, 2.05) is 14.1 Å². The van der Waals surface area contributed by atoms with Gasteiger partial charge in [0.05, 0.1) is 0 Å². The van der Waals surface area contributed by atoms with Gasteiger partial charge < -0.3 is 4.90 Å². The van der Waals surface area contributed by atoms with E-state index >= 15 is 0 Å². The fourth-order valence-corrected chi connectivity index (χ4v) is 2.42. The fourth-order valence-electron chi connectivity index (χ4n) is 2.42. The van der Waals surface area contributed by atoms with Gasteiger partial charge in [0.1, 0.15) is 0 Å². The molecular formula is C21H31N. The summed E-state index contributed by atoms with van der Waals surface area (Å²) in [7, 11) is 4.09. The van der Waals surface area contributed by atoms with Crippen molar-refractivity contribution in [2.45, 2.75) is 46.0 Å². The Morgan fingerprint density at radius 2 is 1.77 bits per heavy atom. The molecule has 0 fully saturated rings. The molecule has 0 saturated heterocycles. The summed E-state index contributed by atoms with van der Waals surface area (Å²) >= 11 is 0. The largest absolute Gasteiger partial charge is 0.378 e. The molecular weight excluding hydrogens is 266 g/mol. The number of likely N-dealkylation sites (N-methyl/N-ethyl adjacent to an activating group) is 1. The van der Waals surface area contributed by atoms with Gasteiger partial charge in [-0.05, 0) is 36.5 Å². The number of hydrogen-bond donors (Lipinski definition) is 0. The third-order valence-electron chi connectivity index (χ3n) is 3.87. The summed E-state index contributed by atoms with van der Waals surface area (Å²) in [6.45, 7) is 8.56. The number of unbranched alkanes of at least 4 members (excludes halogenated alkanes) is 3. The minimum absolute atomic E-state index is 1.08. The number of nitrogens with zero attached hydrogens (tertiary/aromatic N) is 1. The van der Waals surface area contributed by atoms with Gasteiger partial charge in [-0.1, -0.05) is 75.2 Å². The Morgan fingerprint density at radius 3 is 2.36 bits per heavy atom. The Bertz CT molecular complexity index is 506. The van der Waals surface area contributed by atoms with Gasteiger partial charge in [-0.2, -0.15) is 0 Å². The highest BCUT2D eigenvalue weighted by atomic mass is 15.1. The van der Waals surface area contributed by atoms with E-state index in [1.165, 1.54) is 42.4 Å². The molecule has 1 aromatic carbocycles. The normalized spacial score (nSPS) is 12.4. The molecule has 0 unspecified atom stereocenters. The number of hydrogen-bond acceptors (Lipinski definition) is 1. The molecule has 1 aromatic rings. The second-order valence-electron chi connectivity index (χ2n) is 6.11. The van der Waals surface area contributed by atoms with Crippen molar-refractivity contribution in [2.24, 2.45) is 0 Å². The number of benzene rings is 1. The van der Waals surface area contributed by atoms with Crippen LogP contribution in [0, 0.1) is 0 Å². The van der Waals surface area contributed by atoms with Gasteiger partial charge >= 0.3 is 0 Å². The molecule has 0 aliphatic carbocycles. The quantitative estimate of drug-likeness (QED) is 0.395. The van der Waals surface area contributed by atoms with Gasteiger partial charge in [0.2, 0.25) is 0 Å². The predicted octanol–water partition coefficient (Wildman–Crippen LogP) is 6.06. The molecule has 1 nitrogen and oxygen atoms in total. The predicted molar refractivity (Wildman–Crippen MR) is 99.8 cm³/mol. The smallest absolute Gasteiger partial charge is 0.0317 e. The Hall–Kier alpha value is -1.76. The first-order valence-corrected chi connectivity index (χ1v) is 8.35. The third-order valence-corrected chi connectivity index (χ3v) is 3.87. The molecule has 0 bridgehead atoms. The van der Waals surface area contributed by atoms with E-state index in [4.69, 9.17) is 0 Å². The zero-order valence-corrected chi connectivity index (χ0v) is 14.7. The van der Waals surface area contributed by atoms with Crippen LogP contribution >= 0.6 is 0 Å². The summed E-state index contributed by atoms with van der Waals surface area (Å²) < 4.78 is 0. The van der Waals surface area contributed by atoms with Crippen LogP contribution in [0.3, 0.4) is 0 Å². The molecule has 0 spiro atoms. The molecule has 0 heterocycles. The highest BCUT2D eigenvalue weighted by molar-refractivity contribution is 5.56. The maximum atomic E-state index is 4.15. The molecule has 0 amide bonds. The standard InChI is InChI=1S/C21H31N/c1-6-7-8-10-15-21(16-18(2)19(3)22(4)5)17-20-13-11-9-12-14-20/h9,11-14,16-17H,3,6-8,10,15H2,1-2,4-5H3/b18-16+,21-17+. The van der Waals surface area contributed by atoms with Gasteiger partial charge in [0.25, 0.3) is 0 Å². The highest BCUT2D eigenvalue weighted by Crippen LogP contribution is 2.20. The van der Waals surface area contributed by atoms with Crippen LogP contribution in [0.2, 0.25) is 0 Å². The second kappa shape index (κ2) is 10.0. The van der Waals surface area contributed by atoms with Crippen LogP contribution in [0.25, 0.3) is 6.08 Å². The first-order valence-electron chi connectivity index (χ1n) is 8.35. The van der Waals surface area contributed by atoms with Crippen molar-refractivity contribution in [3.05, 3.63) is 65.4 Å². The average Bonchev–Trinajstić information content (AvgIpc) is 2.51. The van der Waals surface area contributed by atoms with E-state index in [9.17, 15) is 0 Å². The van der Waals surface area contributed by atoms with E-state index in [1.54, 1.807) is 0 Å². The molecule has 1 rings (SSSR count). The lowest BCUT2D eigenvalue weighted by Gasteiger charge is -2.17. The zero-order valence-electron chi connectivity index (χ0n) is 14.7. The SMILES string of the molecule is C=C(/C(C)=C/C(=C/c1ccccc1)CCCCCC)N(C)C. The van der Waals surface area contributed by atoms with Crippen LogP contribution < -0.4 is 0 Å². The number of rotatable bonds is 9. The average molecular weight is 297 g/mol. The Kier molecular flexibility index (Phi) is 8.35. The molecule has 0 radical (unpaired) electrons. The van der Waals surface area contributed by atoms with Crippen molar-refractivity contribution < 1.29 is 0 Å². The lowest BCUT2D eigenvalue weighted by Crippen LogP contribution is -2.10. The number of allylic oxidation sites excluding steroid dienone is 3. The molecule has 0 atom stereocenters. The summed E-state index contributed by atoms with van der Waals surface area (Å²) in [5.74, 6) is 0. The minimum Gasteiger partial charge on any atom is -0.378 e. The maximum absolute atomic E-state index is 4.15. The monoisotopic (exact) mass is 297 g/mol. The van der Waals surface area contributed by atoms with E-state index in [0.717, 1.165) is 12.1 Å². The van der Waals surface area contributed by atoms with E-state index in [0.29, 0.717) is 0 Å². The van der Waals surface area contributed by atoms with Gasteiger partial charge in [0.15, 0.2) is 0 Å². The molecule has 0 aliphatic heterocycles. The van der Waals surface area contributed by atoms with Crippen LogP contribution in [0.4, 0.5) is 0 Å². The summed E-state index contributed by atoms with van der Waals surface area (Å²) in [5.41, 5.74) is 4.98. The Morgan fingerprint density at radius 1 is 1.09 bits per heavy atom. The van der Waals surface area contributed by atoms with Crippen LogP contribution in [0.5, 0.6) is 0 Å². The Labute approximate surface area is 137 Å². The van der Waals surface area contributed by atoms with Crippen molar-refractivity contribution in [2.75, 3.05) is 14.1 Å². The fraction of sp³-hybridized carbons (Fsp3) is 0.429. The van der Waals surface area contributed by atoms with Crippen molar-refractivity contribution in [1.82, 2.24) is 4.90 Å². The molecule has 0 aromatic heterocycles. The van der Waals surface area contributed by atoms with Crippen LogP contribution in [-0.2, 0) is 0 Å². The van der Waals surface area contributed by atoms with Gasteiger partial charge in [-0.25, -0.2) is 0 Å². The van der Waals surface area contributed by atoms with Crippen molar-refractivity contribution in [3.63, 3.8) is 0 Å². The minimum atomic E-state index is 1.08. The highest BCUT2D eigenvalue weighted by Gasteiger charge is 2.02. The molecule has 22 heavy (non-hydrogen) atoms. The van der Waals surface area contributed by atoms with Gasteiger partial charge in [-0.15, -0.1) is 0 Å². The van der Waals surface area contributed by atoms with Crippen molar-refractivity contribution >= 4 is 6.08 Å². The van der Waals surface area contributed by atoms with E-state index in [-0.39, 0.29) is 0 Å². The molecule has 1 heteroatoms. The van der Waals surface area contributed by atoms with E-state index in [2.05, 4.69) is 67.8 Å². The third kappa shape index (κ3) is 6.80. The summed E-state index contributed by atoms with van der Waals surface area (Å²) in [5, 5.41) is 0. The molecule has 0 saturated carbocycles. The Balaban J connectivity index is 2.89. The van der Waals surface area contributed by atoms with Crippen LogP contribution in [0.1, 0.15) is 51.5 Å². The van der Waals surface area contributed by atoms with Gasteiger partial charge in [0, 0.05) is 19.8 Å². The lowest BCUT2D eigenvalue weighted by molar-refractivity contribution is 0.524. The molecule has 0 aliphatic rings. The van der Waals surface area contributed by atoms with E-state index < -0.39 is 0 Å². The molecule has 120 valence electrons. The van der Waals surface area contributed by atoms with Crippen LogP contribution in [0.15, 0.2) is 59.8 Å². The molecule has 0 N–H and O–H groups in total.